The summed E-state index contributed by atoms with van der Waals surface area (Å²) in [6.45, 7) is 12.6. The third-order valence-corrected chi connectivity index (χ3v) is 13.0. The first-order valence-corrected chi connectivity index (χ1v) is 19.7. The predicted molar refractivity (Wildman–Crippen MR) is 203 cm³/mol. The van der Waals surface area contributed by atoms with Crippen LogP contribution in [0.3, 0.4) is 0 Å². The number of carbonyl (C=O) groups is 3. The molecule has 6 rings (SSSR count). The van der Waals surface area contributed by atoms with E-state index in [2.05, 4.69) is 37.9 Å². The zero-order valence-corrected chi connectivity index (χ0v) is 31.8. The molecule has 4 heterocycles. The van der Waals surface area contributed by atoms with Crippen LogP contribution >= 0.6 is 11.3 Å². The number of aromatic nitrogens is 2. The van der Waals surface area contributed by atoms with Crippen molar-refractivity contribution in [1.82, 2.24) is 20.2 Å². The zero-order chi connectivity index (χ0) is 36.3. The molecule has 2 aromatic heterocycles. The molecule has 1 saturated carbocycles. The number of piperidine rings is 1. The van der Waals surface area contributed by atoms with Gasteiger partial charge in [-0.25, -0.2) is 9.97 Å². The highest BCUT2D eigenvalue weighted by molar-refractivity contribution is 7.14. The third-order valence-electron chi connectivity index (χ3n) is 11.5. The summed E-state index contributed by atoms with van der Waals surface area (Å²) in [4.78, 5) is 53.7. The molecule has 0 bridgehead atoms. The number of aliphatic carboxylic acids is 1. The van der Waals surface area contributed by atoms with Gasteiger partial charge in [0.05, 0.1) is 28.4 Å². The predicted octanol–water partition coefficient (Wildman–Crippen LogP) is 7.60. The van der Waals surface area contributed by atoms with Crippen molar-refractivity contribution in [2.45, 2.75) is 104 Å². The van der Waals surface area contributed by atoms with E-state index in [1.165, 1.54) is 67.6 Å². The van der Waals surface area contributed by atoms with Crippen molar-refractivity contribution in [2.75, 3.05) is 31.1 Å². The fourth-order valence-electron chi connectivity index (χ4n) is 8.24. The van der Waals surface area contributed by atoms with Gasteiger partial charge in [-0.2, -0.15) is 0 Å². The summed E-state index contributed by atoms with van der Waals surface area (Å²) in [6.07, 6.45) is 15.0. The molecule has 274 valence electrons. The Kier molecular flexibility index (Phi) is 11.2. The number of nitrogens with one attached hydrogen (secondary N) is 1. The Balaban J connectivity index is 1.07. The van der Waals surface area contributed by atoms with Gasteiger partial charge >= 0.3 is 5.97 Å². The maximum atomic E-state index is 13.7. The first kappa shape index (κ1) is 37.0. The largest absolute Gasteiger partial charge is 0.481 e. The Labute approximate surface area is 307 Å². The first-order chi connectivity index (χ1) is 24.3. The molecule has 3 fully saturated rings. The molecular weight excluding hydrogens is 659 g/mol. The van der Waals surface area contributed by atoms with Crippen LogP contribution in [0.1, 0.15) is 106 Å². The molecule has 0 spiro atoms. The van der Waals surface area contributed by atoms with E-state index in [9.17, 15) is 19.5 Å². The highest BCUT2D eigenvalue weighted by Gasteiger charge is 2.48. The first-order valence-electron chi connectivity index (χ1n) is 18.9. The second kappa shape index (κ2) is 15.4. The molecule has 2 saturated heterocycles. The van der Waals surface area contributed by atoms with E-state index < -0.39 is 17.4 Å². The summed E-state index contributed by atoms with van der Waals surface area (Å²) < 4.78 is 0. The van der Waals surface area contributed by atoms with Crippen LogP contribution < -0.4 is 10.2 Å². The maximum Gasteiger partial charge on any atom is 0.312 e. The molecule has 2 N–H and O–H groups in total. The smallest absolute Gasteiger partial charge is 0.312 e. The standard InChI is InChI=1S/C41H55N5O4S/c1-6-7-27-8-12-29(13-9-27)30-18-20-45(21-19-30)32-23-42-36(43-24-32)31-14-10-28(11-15-31)22-33(38(48)46-25-41(5,26-46)39(49)50)44-37(47)34-16-17-35(51-34)40(2,3)4/h10-11,14-17,23-24,27,29-30,33H,6-9,12-13,18-22,25-26H2,1-5H3,(H,44,47)(H,49,50)/t27?,29?,33-/m0/s1. The average molecular weight is 714 g/mol. The second-order valence-corrected chi connectivity index (χ2v) is 17.6. The summed E-state index contributed by atoms with van der Waals surface area (Å²) >= 11 is 1.42. The van der Waals surface area contributed by atoms with E-state index in [4.69, 9.17) is 9.97 Å². The van der Waals surface area contributed by atoms with Gasteiger partial charge in [-0.1, -0.05) is 77.6 Å². The number of rotatable bonds is 11. The molecule has 51 heavy (non-hydrogen) atoms. The number of carboxylic acid groups (broad SMARTS) is 1. The van der Waals surface area contributed by atoms with Crippen LogP contribution in [0.15, 0.2) is 48.8 Å². The lowest BCUT2D eigenvalue weighted by Crippen LogP contribution is -2.64. The molecular formula is C41H55N5O4S. The Morgan fingerprint density at radius 1 is 0.941 bits per heavy atom. The quantitative estimate of drug-likeness (QED) is 0.210. The number of nitrogens with zero attached hydrogens (tertiary/aromatic N) is 4. The number of hydrogen-bond acceptors (Lipinski definition) is 7. The fourth-order valence-corrected chi connectivity index (χ4v) is 9.21. The van der Waals surface area contributed by atoms with Crippen molar-refractivity contribution in [3.05, 3.63) is 64.1 Å². The van der Waals surface area contributed by atoms with Gasteiger partial charge < -0.3 is 20.2 Å². The maximum absolute atomic E-state index is 13.7. The lowest BCUT2D eigenvalue weighted by atomic mass is 9.72. The Morgan fingerprint density at radius 2 is 1.57 bits per heavy atom. The Bertz CT molecular complexity index is 1660. The molecule has 9 nitrogen and oxygen atoms in total. The van der Waals surface area contributed by atoms with E-state index in [1.54, 1.807) is 13.0 Å². The molecule has 3 aromatic rings. The highest BCUT2D eigenvalue weighted by Crippen LogP contribution is 2.40. The van der Waals surface area contributed by atoms with E-state index in [0.717, 1.165) is 52.5 Å². The molecule has 10 heteroatoms. The number of amides is 2. The molecule has 2 amide bonds. The van der Waals surface area contributed by atoms with Crippen molar-refractivity contribution < 1.29 is 19.5 Å². The second-order valence-electron chi connectivity index (χ2n) is 16.6. The number of benzene rings is 1. The van der Waals surface area contributed by atoms with Crippen LogP contribution in [0.4, 0.5) is 5.69 Å². The minimum absolute atomic E-state index is 0.0903. The number of carbonyl (C=O) groups excluding carboxylic acids is 2. The van der Waals surface area contributed by atoms with Crippen molar-refractivity contribution >= 4 is 34.8 Å². The number of likely N-dealkylation sites (tertiary alicyclic amines) is 1. The number of thiophene rings is 1. The van der Waals surface area contributed by atoms with Gasteiger partial charge in [-0.3, -0.25) is 14.4 Å². The van der Waals surface area contributed by atoms with Crippen LogP contribution in [0.5, 0.6) is 0 Å². The molecule has 3 aliphatic rings. The molecule has 2 aliphatic heterocycles. The average Bonchev–Trinajstić information content (AvgIpc) is 3.63. The van der Waals surface area contributed by atoms with Crippen molar-refractivity contribution in [3.63, 3.8) is 0 Å². The summed E-state index contributed by atoms with van der Waals surface area (Å²) in [5.74, 6) is 1.84. The van der Waals surface area contributed by atoms with E-state index in [1.807, 2.05) is 42.7 Å². The van der Waals surface area contributed by atoms with Gasteiger partial charge in [0.25, 0.3) is 5.91 Å². The molecule has 1 aliphatic carbocycles. The zero-order valence-electron chi connectivity index (χ0n) is 31.0. The monoisotopic (exact) mass is 713 g/mol. The summed E-state index contributed by atoms with van der Waals surface area (Å²) in [7, 11) is 0. The van der Waals surface area contributed by atoms with Crippen molar-refractivity contribution in [2.24, 2.45) is 23.2 Å². The fraction of sp³-hybridized carbons (Fsp3) is 0.585. The van der Waals surface area contributed by atoms with Gasteiger partial charge in [-0.05, 0) is 73.5 Å². The Morgan fingerprint density at radius 3 is 2.14 bits per heavy atom. The lowest BCUT2D eigenvalue weighted by Gasteiger charge is -2.46. The minimum Gasteiger partial charge on any atom is -0.481 e. The number of anilines is 1. The highest BCUT2D eigenvalue weighted by atomic mass is 32.1. The van der Waals surface area contributed by atoms with E-state index in [0.29, 0.717) is 10.7 Å². The van der Waals surface area contributed by atoms with Crippen LogP contribution in [0, 0.1) is 23.2 Å². The van der Waals surface area contributed by atoms with Crippen molar-refractivity contribution in [1.29, 1.82) is 0 Å². The van der Waals surface area contributed by atoms with Gasteiger partial charge in [0.1, 0.15) is 6.04 Å². The van der Waals surface area contributed by atoms with E-state index >= 15 is 0 Å². The summed E-state index contributed by atoms with van der Waals surface area (Å²) in [6, 6.07) is 10.7. The molecule has 1 atom stereocenters. The topological polar surface area (TPSA) is 116 Å². The van der Waals surface area contributed by atoms with E-state index in [-0.39, 0.29) is 36.7 Å². The Hall–Kier alpha value is -3.79. The van der Waals surface area contributed by atoms with Crippen LogP contribution in [-0.4, -0.2) is 70.0 Å². The van der Waals surface area contributed by atoms with Gasteiger partial charge in [-0.15, -0.1) is 11.3 Å². The molecule has 1 aromatic carbocycles. The molecule has 0 radical (unpaired) electrons. The van der Waals surface area contributed by atoms with Crippen LogP contribution in [-0.2, 0) is 21.4 Å². The lowest BCUT2D eigenvalue weighted by molar-refractivity contribution is -0.164. The minimum atomic E-state index is -0.972. The summed E-state index contributed by atoms with van der Waals surface area (Å²) in [5.41, 5.74) is 1.76. The SMILES string of the molecule is CCCC1CCC(C2CCN(c3cnc(-c4ccc(C[C@H](NC(=O)c5ccc(C(C)(C)C)s5)C(=O)N5CC(C)(C(=O)O)C5)cc4)nc3)CC2)CC1. The van der Waals surface area contributed by atoms with Crippen LogP contribution in [0.2, 0.25) is 0 Å². The van der Waals surface area contributed by atoms with Gasteiger partial charge in [0, 0.05) is 43.0 Å². The third kappa shape index (κ3) is 8.65. The van der Waals surface area contributed by atoms with Crippen molar-refractivity contribution in [3.8, 4) is 11.4 Å². The number of carboxylic acids is 1. The van der Waals surface area contributed by atoms with Crippen LogP contribution in [0.25, 0.3) is 11.4 Å². The normalized spacial score (nSPS) is 21.5. The van der Waals surface area contributed by atoms with Gasteiger partial charge in [0.2, 0.25) is 5.91 Å². The summed E-state index contributed by atoms with van der Waals surface area (Å²) in [5, 5.41) is 12.6. The number of hydrogen-bond donors (Lipinski definition) is 2. The molecule has 0 unspecified atom stereocenters. The van der Waals surface area contributed by atoms with Gasteiger partial charge in [0.15, 0.2) is 5.82 Å².